The van der Waals surface area contributed by atoms with Crippen molar-refractivity contribution >= 4 is 50.2 Å². The molecule has 0 saturated carbocycles. The van der Waals surface area contributed by atoms with Crippen molar-refractivity contribution in [2.75, 3.05) is 18.4 Å². The summed E-state index contributed by atoms with van der Waals surface area (Å²) in [4.78, 5) is 27.3. The largest absolute Gasteiger partial charge is 0.339 e. The van der Waals surface area contributed by atoms with E-state index in [1.165, 1.54) is 22.7 Å². The Hall–Kier alpha value is -2.53. The average molecular weight is 476 g/mol. The van der Waals surface area contributed by atoms with Gasteiger partial charge in [0.15, 0.2) is 0 Å². The normalized spacial score (nSPS) is 15.0. The van der Waals surface area contributed by atoms with Gasteiger partial charge in [-0.15, -0.1) is 22.7 Å². The van der Waals surface area contributed by atoms with E-state index in [4.69, 9.17) is 0 Å². The monoisotopic (exact) mass is 475 g/mol. The van der Waals surface area contributed by atoms with Crippen LogP contribution >= 0.6 is 22.7 Å². The summed E-state index contributed by atoms with van der Waals surface area (Å²) in [5, 5.41) is 6.38. The van der Waals surface area contributed by atoms with Crippen LogP contribution in [0.15, 0.2) is 63.5 Å². The lowest BCUT2D eigenvalue weighted by Crippen LogP contribution is -2.46. The van der Waals surface area contributed by atoms with Gasteiger partial charge in [-0.05, 0) is 60.0 Å². The summed E-state index contributed by atoms with van der Waals surface area (Å²) in [6, 6.07) is 13.5. The number of hydrogen-bond acceptors (Lipinski definition) is 6. The van der Waals surface area contributed by atoms with Crippen LogP contribution in [0.4, 0.5) is 5.69 Å². The maximum atomic E-state index is 12.8. The van der Waals surface area contributed by atoms with Gasteiger partial charge >= 0.3 is 0 Å². The Bertz CT molecular complexity index is 1130. The topological polar surface area (TPSA) is 95.6 Å². The van der Waals surface area contributed by atoms with Gasteiger partial charge in [-0.25, -0.2) is 13.1 Å². The Balaban J connectivity index is 1.31. The lowest BCUT2D eigenvalue weighted by atomic mass is 10.0. The molecule has 31 heavy (non-hydrogen) atoms. The third kappa shape index (κ3) is 5.21. The van der Waals surface area contributed by atoms with Gasteiger partial charge in [-0.1, -0.05) is 12.1 Å². The zero-order valence-corrected chi connectivity index (χ0v) is 18.9. The van der Waals surface area contributed by atoms with Crippen molar-refractivity contribution < 1.29 is 18.0 Å². The minimum Gasteiger partial charge on any atom is -0.339 e. The summed E-state index contributed by atoms with van der Waals surface area (Å²) in [5.41, 5.74) is 1.16. The van der Waals surface area contributed by atoms with Crippen molar-refractivity contribution in [2.24, 2.45) is 0 Å². The molecule has 3 heterocycles. The van der Waals surface area contributed by atoms with Crippen molar-refractivity contribution in [3.63, 3.8) is 0 Å². The number of anilines is 1. The van der Waals surface area contributed by atoms with E-state index in [1.807, 2.05) is 11.4 Å². The molecule has 162 valence electrons. The predicted octanol–water partition coefficient (Wildman–Crippen LogP) is 3.65. The molecule has 2 aromatic heterocycles. The van der Waals surface area contributed by atoms with Gasteiger partial charge < -0.3 is 10.2 Å². The number of thiophene rings is 2. The highest BCUT2D eigenvalue weighted by Gasteiger charge is 2.27. The second-order valence-corrected chi connectivity index (χ2v) is 11.0. The first-order valence-corrected chi connectivity index (χ1v) is 13.0. The number of nitrogens with zero attached hydrogens (tertiary/aromatic N) is 1. The molecule has 0 radical (unpaired) electrons. The highest BCUT2D eigenvalue weighted by molar-refractivity contribution is 7.91. The zero-order valence-electron chi connectivity index (χ0n) is 16.5. The van der Waals surface area contributed by atoms with Crippen molar-refractivity contribution in [3.05, 3.63) is 69.7 Å². The van der Waals surface area contributed by atoms with Crippen molar-refractivity contribution in [3.8, 4) is 0 Å². The van der Waals surface area contributed by atoms with Crippen LogP contribution in [0.1, 0.15) is 32.9 Å². The molecule has 0 bridgehead atoms. The minimum absolute atomic E-state index is 0.101. The van der Waals surface area contributed by atoms with Crippen LogP contribution in [0.25, 0.3) is 0 Å². The predicted molar refractivity (Wildman–Crippen MR) is 122 cm³/mol. The number of hydrogen-bond donors (Lipinski definition) is 2. The second-order valence-electron chi connectivity index (χ2n) is 7.13. The minimum atomic E-state index is -3.51. The first-order valence-electron chi connectivity index (χ1n) is 9.72. The Labute approximate surface area is 188 Å². The molecule has 4 rings (SSSR count). The molecule has 2 amide bonds. The van der Waals surface area contributed by atoms with E-state index in [2.05, 4.69) is 10.0 Å². The fourth-order valence-electron chi connectivity index (χ4n) is 3.37. The summed E-state index contributed by atoms with van der Waals surface area (Å²) in [7, 11) is -3.51. The number of likely N-dealkylation sites (tertiary alicyclic amines) is 1. The van der Waals surface area contributed by atoms with Crippen LogP contribution in [0.5, 0.6) is 0 Å². The van der Waals surface area contributed by atoms with E-state index in [9.17, 15) is 18.0 Å². The molecular formula is C21H21N3O4S3. The van der Waals surface area contributed by atoms with Crippen LogP contribution in [0.2, 0.25) is 0 Å². The average Bonchev–Trinajstić information content (AvgIpc) is 3.49. The van der Waals surface area contributed by atoms with E-state index in [1.54, 1.807) is 52.7 Å². The number of rotatable bonds is 6. The highest BCUT2D eigenvalue weighted by atomic mass is 32.2. The Morgan fingerprint density at radius 2 is 1.61 bits per heavy atom. The number of amides is 2. The summed E-state index contributed by atoms with van der Waals surface area (Å²) >= 11 is 2.55. The third-order valence-corrected chi connectivity index (χ3v) is 8.79. The maximum Gasteiger partial charge on any atom is 0.265 e. The van der Waals surface area contributed by atoms with Gasteiger partial charge in [-0.2, -0.15) is 0 Å². The smallest absolute Gasteiger partial charge is 0.265 e. The molecule has 1 aliphatic heterocycles. The first kappa shape index (κ1) is 21.7. The molecule has 3 aromatic rings. The number of benzene rings is 1. The fourth-order valence-corrected chi connectivity index (χ4v) is 6.31. The summed E-state index contributed by atoms with van der Waals surface area (Å²) in [6.45, 7) is 0.959. The first-order chi connectivity index (χ1) is 14.9. The van der Waals surface area contributed by atoms with Gasteiger partial charge in [-0.3, -0.25) is 9.59 Å². The van der Waals surface area contributed by atoms with Crippen LogP contribution < -0.4 is 10.0 Å². The number of carbonyl (C=O) groups excluding carboxylic acids is 2. The molecule has 0 unspecified atom stereocenters. The van der Waals surface area contributed by atoms with Gasteiger partial charge in [0, 0.05) is 30.4 Å². The molecule has 0 spiro atoms. The summed E-state index contributed by atoms with van der Waals surface area (Å²) in [5.74, 6) is -0.281. The van der Waals surface area contributed by atoms with Crippen LogP contribution in [0.3, 0.4) is 0 Å². The van der Waals surface area contributed by atoms with Gasteiger partial charge in [0.2, 0.25) is 10.0 Å². The quantitative estimate of drug-likeness (QED) is 0.569. The van der Waals surface area contributed by atoms with Crippen molar-refractivity contribution in [1.82, 2.24) is 9.62 Å². The lowest BCUT2D eigenvalue weighted by molar-refractivity contribution is 0.0711. The summed E-state index contributed by atoms with van der Waals surface area (Å²) < 4.78 is 27.8. The number of piperidine rings is 1. The maximum absolute atomic E-state index is 12.8. The summed E-state index contributed by atoms with van der Waals surface area (Å²) in [6.07, 6.45) is 1.12. The molecule has 10 heteroatoms. The SMILES string of the molecule is O=C(Nc1ccc(C(=O)N2CCC(NS(=O)(=O)c3cccs3)CC2)cc1)c1cccs1. The molecule has 1 fully saturated rings. The van der Waals surface area contributed by atoms with Gasteiger partial charge in [0.05, 0.1) is 4.88 Å². The van der Waals surface area contributed by atoms with Crippen LogP contribution in [-0.2, 0) is 10.0 Å². The Morgan fingerprint density at radius 1 is 0.935 bits per heavy atom. The molecule has 1 aliphatic rings. The standard InChI is InChI=1S/C21H21N3O4S3/c25-20(18-3-1-13-29-18)22-16-7-5-15(6-8-16)21(26)24-11-9-17(10-12-24)23-31(27,28)19-4-2-14-30-19/h1-8,13-14,17,23H,9-12H2,(H,22,25). The fraction of sp³-hybridized carbons (Fsp3) is 0.238. The highest BCUT2D eigenvalue weighted by Crippen LogP contribution is 2.20. The third-order valence-electron chi connectivity index (χ3n) is 5.00. The number of sulfonamides is 1. The van der Waals surface area contributed by atoms with Crippen molar-refractivity contribution in [2.45, 2.75) is 23.1 Å². The van der Waals surface area contributed by atoms with Crippen molar-refractivity contribution in [1.29, 1.82) is 0 Å². The number of carbonyl (C=O) groups is 2. The van der Waals surface area contributed by atoms with Gasteiger partial charge in [0.1, 0.15) is 4.21 Å². The van der Waals surface area contributed by atoms with E-state index in [0.717, 1.165) is 0 Å². The molecule has 0 aliphatic carbocycles. The number of nitrogens with one attached hydrogen (secondary N) is 2. The van der Waals surface area contributed by atoms with E-state index in [-0.39, 0.29) is 17.9 Å². The molecule has 2 N–H and O–H groups in total. The van der Waals surface area contributed by atoms with E-state index < -0.39 is 10.0 Å². The molecule has 0 atom stereocenters. The van der Waals surface area contributed by atoms with Crippen LogP contribution in [-0.4, -0.2) is 44.3 Å². The van der Waals surface area contributed by atoms with E-state index in [0.29, 0.717) is 46.3 Å². The molecule has 7 nitrogen and oxygen atoms in total. The molecule has 1 saturated heterocycles. The second kappa shape index (κ2) is 9.31. The Morgan fingerprint density at radius 3 is 2.23 bits per heavy atom. The Kier molecular flexibility index (Phi) is 6.51. The zero-order chi connectivity index (χ0) is 21.8. The molecular weight excluding hydrogens is 454 g/mol. The lowest BCUT2D eigenvalue weighted by Gasteiger charge is -2.32. The van der Waals surface area contributed by atoms with Crippen LogP contribution in [0, 0.1) is 0 Å². The van der Waals surface area contributed by atoms with Gasteiger partial charge in [0.25, 0.3) is 11.8 Å². The molecule has 1 aromatic carbocycles. The van der Waals surface area contributed by atoms with E-state index >= 15 is 0 Å².